The SMILES string of the molecule is COC(=O)N[C@H](C(=O)N1CCC[C@H]1c1ncc(-c2ccc3cc(-c4ccc(-c5cnc([C@@H]6CCCN6C(=O)[C@H](NC(=O)OC)c6cccnc6)[nH]5)cc4)ccc3c2)[nH]1)C(C)C. The molecule has 0 bridgehead atoms. The number of carbonyl (C=O) groups is 4. The van der Waals surface area contributed by atoms with Crippen molar-refractivity contribution in [3.63, 3.8) is 0 Å². The number of pyridine rings is 1. The normalized spacial score (nSPS) is 17.3. The van der Waals surface area contributed by atoms with E-state index < -0.39 is 24.3 Å². The molecule has 15 heteroatoms. The van der Waals surface area contributed by atoms with Gasteiger partial charge < -0.3 is 39.9 Å². The Morgan fingerprint density at radius 1 is 0.672 bits per heavy atom. The Kier molecular flexibility index (Phi) is 11.8. The molecule has 15 nitrogen and oxygen atoms in total. The molecule has 314 valence electrons. The van der Waals surface area contributed by atoms with Crippen LogP contribution in [0.1, 0.15) is 74.9 Å². The molecule has 3 aromatic carbocycles. The zero-order chi connectivity index (χ0) is 42.6. The molecule has 5 heterocycles. The van der Waals surface area contributed by atoms with Crippen molar-refractivity contribution < 1.29 is 28.7 Å². The van der Waals surface area contributed by atoms with Crippen LogP contribution in [0.5, 0.6) is 0 Å². The minimum atomic E-state index is -0.943. The van der Waals surface area contributed by atoms with Crippen molar-refractivity contribution in [1.29, 1.82) is 0 Å². The molecule has 8 rings (SSSR count). The molecule has 4 amide bonds. The molecule has 2 aliphatic rings. The first-order chi connectivity index (χ1) is 29.6. The van der Waals surface area contributed by atoms with Crippen molar-refractivity contribution in [2.24, 2.45) is 5.92 Å². The fraction of sp³-hybridized carbons (Fsp3) is 0.326. The number of aromatic nitrogens is 5. The van der Waals surface area contributed by atoms with E-state index in [9.17, 15) is 19.2 Å². The zero-order valence-corrected chi connectivity index (χ0v) is 34.6. The topological polar surface area (TPSA) is 188 Å². The number of hydrogen-bond acceptors (Lipinski definition) is 9. The maximum absolute atomic E-state index is 13.9. The Balaban J connectivity index is 0.942. The third-order valence-corrected chi connectivity index (χ3v) is 11.7. The number of nitrogens with one attached hydrogen (secondary N) is 4. The summed E-state index contributed by atoms with van der Waals surface area (Å²) in [6.07, 6.45) is 8.64. The van der Waals surface area contributed by atoms with Crippen LogP contribution in [-0.4, -0.2) is 92.1 Å². The van der Waals surface area contributed by atoms with Gasteiger partial charge in [-0.25, -0.2) is 19.6 Å². The van der Waals surface area contributed by atoms with E-state index in [0.717, 1.165) is 75.9 Å². The maximum Gasteiger partial charge on any atom is 0.407 e. The van der Waals surface area contributed by atoms with Crippen LogP contribution in [0.4, 0.5) is 9.59 Å². The number of likely N-dealkylation sites (tertiary alicyclic amines) is 2. The van der Waals surface area contributed by atoms with Gasteiger partial charge in [-0.1, -0.05) is 68.4 Å². The minimum Gasteiger partial charge on any atom is -0.453 e. The molecule has 0 saturated carbocycles. The molecule has 2 saturated heterocycles. The second-order valence-electron chi connectivity index (χ2n) is 15.8. The van der Waals surface area contributed by atoms with E-state index in [1.165, 1.54) is 14.2 Å². The molecule has 3 aromatic heterocycles. The molecular formula is C46H49N9O6. The van der Waals surface area contributed by atoms with Crippen molar-refractivity contribution >= 4 is 34.8 Å². The van der Waals surface area contributed by atoms with Crippen molar-refractivity contribution in [1.82, 2.24) is 45.4 Å². The number of imidazole rings is 2. The molecule has 0 spiro atoms. The quantitative estimate of drug-likeness (QED) is 0.103. The summed E-state index contributed by atoms with van der Waals surface area (Å²) < 4.78 is 9.58. The van der Waals surface area contributed by atoms with Crippen LogP contribution in [0.3, 0.4) is 0 Å². The highest BCUT2D eigenvalue weighted by Gasteiger charge is 2.39. The maximum atomic E-state index is 13.9. The molecule has 0 radical (unpaired) electrons. The fourth-order valence-corrected chi connectivity index (χ4v) is 8.43. The largest absolute Gasteiger partial charge is 0.453 e. The van der Waals surface area contributed by atoms with Crippen LogP contribution in [-0.2, 0) is 19.1 Å². The van der Waals surface area contributed by atoms with Crippen LogP contribution >= 0.6 is 0 Å². The zero-order valence-electron chi connectivity index (χ0n) is 34.6. The standard InChI is InChI=1S/C46H49N9O6/c1-27(2)39(52-45(58)60-3)43(56)54-20-6-9-37(54)42-49-26-36(51-42)33-18-17-31-22-30(15-16-32(31)23-33)28-11-13-29(14-12-28)35-25-48-41(50-35)38-10-7-21-55(38)44(57)40(53-46(59)61-4)34-8-5-19-47-24-34/h5,8,11-19,22-27,37-40H,6-7,9-10,20-21H2,1-4H3,(H,48,50)(H,49,51)(H,52,58)(H,53,59)/t37-,38-,39-,40+/m0/s1. The Labute approximate surface area is 353 Å². The number of hydrogen-bond donors (Lipinski definition) is 4. The molecule has 4 atom stereocenters. The van der Waals surface area contributed by atoms with Gasteiger partial charge in [0.25, 0.3) is 5.91 Å². The average Bonchev–Trinajstić information content (AvgIpc) is 4.14. The van der Waals surface area contributed by atoms with Crippen molar-refractivity contribution in [3.8, 4) is 33.6 Å². The number of rotatable bonds is 11. The Hall–Kier alpha value is -7.03. The Morgan fingerprint density at radius 2 is 1.21 bits per heavy atom. The summed E-state index contributed by atoms with van der Waals surface area (Å²) in [4.78, 5) is 75.7. The number of fused-ring (bicyclic) bond motifs is 1. The second-order valence-corrected chi connectivity index (χ2v) is 15.8. The summed E-state index contributed by atoms with van der Waals surface area (Å²) >= 11 is 0. The van der Waals surface area contributed by atoms with Gasteiger partial charge in [0, 0.05) is 36.6 Å². The second kappa shape index (κ2) is 17.7. The smallest absolute Gasteiger partial charge is 0.407 e. The summed E-state index contributed by atoms with van der Waals surface area (Å²) in [5.74, 6) is 0.911. The molecule has 2 fully saturated rings. The minimum absolute atomic E-state index is 0.109. The first-order valence-electron chi connectivity index (χ1n) is 20.6. The molecule has 2 aliphatic heterocycles. The first-order valence-corrected chi connectivity index (χ1v) is 20.6. The van der Waals surface area contributed by atoms with Crippen LogP contribution in [0.2, 0.25) is 0 Å². The van der Waals surface area contributed by atoms with Gasteiger partial charge in [-0.2, -0.15) is 0 Å². The van der Waals surface area contributed by atoms with Crippen LogP contribution in [0, 0.1) is 5.92 Å². The molecule has 61 heavy (non-hydrogen) atoms. The van der Waals surface area contributed by atoms with Gasteiger partial charge in [-0.05, 0) is 77.3 Å². The summed E-state index contributed by atoms with van der Waals surface area (Å²) in [7, 11) is 2.56. The number of H-pyrrole nitrogens is 2. The number of benzene rings is 3. The van der Waals surface area contributed by atoms with E-state index >= 15 is 0 Å². The Bertz CT molecular complexity index is 2540. The average molecular weight is 824 g/mol. The van der Waals surface area contributed by atoms with Crippen LogP contribution in [0.25, 0.3) is 44.4 Å². The van der Waals surface area contributed by atoms with Crippen molar-refractivity contribution in [2.75, 3.05) is 27.3 Å². The highest BCUT2D eigenvalue weighted by molar-refractivity contribution is 5.91. The van der Waals surface area contributed by atoms with Gasteiger partial charge >= 0.3 is 12.2 Å². The van der Waals surface area contributed by atoms with Gasteiger partial charge in [0.1, 0.15) is 23.7 Å². The molecule has 0 aliphatic carbocycles. The number of carbonyl (C=O) groups excluding carboxylic acids is 4. The third kappa shape index (κ3) is 8.54. The highest BCUT2D eigenvalue weighted by Crippen LogP contribution is 2.36. The summed E-state index contributed by atoms with van der Waals surface area (Å²) in [6.45, 7) is 4.93. The predicted molar refractivity (Wildman–Crippen MR) is 229 cm³/mol. The number of methoxy groups -OCH3 is 2. The molecular weight excluding hydrogens is 775 g/mol. The molecule has 6 aromatic rings. The fourth-order valence-electron chi connectivity index (χ4n) is 8.43. The van der Waals surface area contributed by atoms with Gasteiger partial charge in [-0.15, -0.1) is 0 Å². The number of aromatic amines is 2. The lowest BCUT2D eigenvalue weighted by molar-refractivity contribution is -0.135. The number of ether oxygens (including phenoxy) is 2. The lowest BCUT2D eigenvalue weighted by Crippen LogP contribution is -2.51. The monoisotopic (exact) mass is 823 g/mol. The summed E-state index contributed by atoms with van der Waals surface area (Å²) in [6, 6.07) is 22.4. The van der Waals surface area contributed by atoms with E-state index in [2.05, 4.69) is 86.2 Å². The van der Waals surface area contributed by atoms with Gasteiger partial charge in [0.15, 0.2) is 0 Å². The molecule has 0 unspecified atom stereocenters. The number of amides is 4. The first kappa shape index (κ1) is 40.7. The number of nitrogens with zero attached hydrogens (tertiary/aromatic N) is 5. The van der Waals surface area contributed by atoms with Crippen LogP contribution < -0.4 is 10.6 Å². The van der Waals surface area contributed by atoms with E-state index in [1.54, 1.807) is 35.6 Å². The van der Waals surface area contributed by atoms with Gasteiger partial charge in [0.2, 0.25) is 5.91 Å². The van der Waals surface area contributed by atoms with Crippen molar-refractivity contribution in [3.05, 3.63) is 115 Å². The van der Waals surface area contributed by atoms with Gasteiger partial charge in [0.05, 0.1) is 50.1 Å². The number of alkyl carbamates (subject to hydrolysis) is 2. The third-order valence-electron chi connectivity index (χ3n) is 11.7. The highest BCUT2D eigenvalue weighted by atomic mass is 16.5. The van der Waals surface area contributed by atoms with E-state index in [1.807, 2.05) is 24.9 Å². The van der Waals surface area contributed by atoms with Crippen molar-refractivity contribution in [2.45, 2.75) is 63.7 Å². The summed E-state index contributed by atoms with van der Waals surface area (Å²) in [5.41, 5.74) is 6.37. The molecule has 4 N–H and O–H groups in total. The van der Waals surface area contributed by atoms with E-state index in [-0.39, 0.29) is 29.8 Å². The summed E-state index contributed by atoms with van der Waals surface area (Å²) in [5, 5.41) is 7.55. The Morgan fingerprint density at radius 3 is 1.80 bits per heavy atom. The lowest BCUT2D eigenvalue weighted by atomic mass is 9.98. The van der Waals surface area contributed by atoms with E-state index in [0.29, 0.717) is 24.5 Å². The van der Waals surface area contributed by atoms with Crippen LogP contribution in [0.15, 0.2) is 97.6 Å². The predicted octanol–water partition coefficient (Wildman–Crippen LogP) is 7.49. The van der Waals surface area contributed by atoms with E-state index in [4.69, 9.17) is 19.4 Å². The lowest BCUT2D eigenvalue weighted by Gasteiger charge is -2.30. The van der Waals surface area contributed by atoms with Gasteiger partial charge in [-0.3, -0.25) is 14.6 Å².